The molecule has 0 radical (unpaired) electrons. The van der Waals surface area contributed by atoms with Crippen molar-refractivity contribution < 1.29 is 23.5 Å². The van der Waals surface area contributed by atoms with Crippen LogP contribution < -0.4 is 21.1 Å². The minimum absolute atomic E-state index is 0.0336. The quantitative estimate of drug-likeness (QED) is 0.406. The van der Waals surface area contributed by atoms with Crippen molar-refractivity contribution in [2.75, 3.05) is 26.7 Å². The molecule has 198 valence electrons. The van der Waals surface area contributed by atoms with E-state index in [1.54, 1.807) is 0 Å². The minimum Gasteiger partial charge on any atom is -0.491 e. The van der Waals surface area contributed by atoms with E-state index in [-0.39, 0.29) is 44.2 Å². The van der Waals surface area contributed by atoms with Crippen LogP contribution in [0.5, 0.6) is 5.75 Å². The van der Waals surface area contributed by atoms with Gasteiger partial charge in [-0.15, -0.1) is 0 Å². The van der Waals surface area contributed by atoms with E-state index in [9.17, 15) is 18.8 Å². The monoisotopic (exact) mass is 511 g/mol. The summed E-state index contributed by atoms with van der Waals surface area (Å²) < 4.78 is 19.0. The molecule has 2 aromatic rings. The van der Waals surface area contributed by atoms with Crippen LogP contribution in [0.3, 0.4) is 0 Å². The number of rotatable bonds is 9. The summed E-state index contributed by atoms with van der Waals surface area (Å²) >= 11 is 0. The van der Waals surface area contributed by atoms with Gasteiger partial charge in [0.25, 0.3) is 0 Å². The first kappa shape index (κ1) is 27.8. The predicted octanol–water partition coefficient (Wildman–Crippen LogP) is 1.65. The number of hydrogen-bond donors (Lipinski definition) is 4. The smallest absolute Gasteiger partial charge is 0.248 e. The average Bonchev–Trinajstić information content (AvgIpc) is 2.87. The van der Waals surface area contributed by atoms with Gasteiger partial charge in [0, 0.05) is 32.3 Å². The number of nitrogens with one attached hydrogen (secondary N) is 3. The number of amides is 3. The molecule has 0 spiro atoms. The lowest BCUT2D eigenvalue weighted by atomic mass is 9.72. The molecule has 9 nitrogen and oxygen atoms in total. The molecule has 3 rings (SSSR count). The number of carbonyl (C=O) groups is 3. The van der Waals surface area contributed by atoms with Crippen molar-refractivity contribution in [3.63, 3.8) is 0 Å². The number of carbonyl (C=O) groups excluding carboxylic acids is 3. The van der Waals surface area contributed by atoms with Crippen molar-refractivity contribution in [2.45, 2.75) is 38.3 Å². The minimum atomic E-state index is -1.26. The second-order valence-electron chi connectivity index (χ2n) is 9.82. The fourth-order valence-electron chi connectivity index (χ4n) is 4.26. The van der Waals surface area contributed by atoms with Crippen LogP contribution in [0, 0.1) is 16.6 Å². The second kappa shape index (κ2) is 11.5. The zero-order chi connectivity index (χ0) is 27.2. The highest BCUT2D eigenvalue weighted by Gasteiger charge is 2.48. The van der Waals surface area contributed by atoms with Crippen LogP contribution in [0.15, 0.2) is 54.6 Å². The Morgan fingerprint density at radius 2 is 1.81 bits per heavy atom. The van der Waals surface area contributed by atoms with Crippen molar-refractivity contribution in [1.29, 1.82) is 5.41 Å². The highest BCUT2D eigenvalue weighted by atomic mass is 19.1. The summed E-state index contributed by atoms with van der Waals surface area (Å²) in [6.07, 6.45) is 0.447. The Morgan fingerprint density at radius 1 is 1.16 bits per heavy atom. The summed E-state index contributed by atoms with van der Waals surface area (Å²) in [4.78, 5) is 41.0. The summed E-state index contributed by atoms with van der Waals surface area (Å²) in [5.74, 6) is -1.48. The Balaban J connectivity index is 1.87. The van der Waals surface area contributed by atoms with Crippen LogP contribution >= 0.6 is 0 Å². The van der Waals surface area contributed by atoms with Gasteiger partial charge in [0.05, 0.1) is 5.54 Å². The molecule has 0 aromatic heterocycles. The number of likely N-dealkylation sites (tertiary alicyclic amines) is 1. The molecular formula is C27H34FN5O4. The number of benzene rings is 2. The molecule has 1 aliphatic heterocycles. The second-order valence-corrected chi connectivity index (χ2v) is 9.82. The van der Waals surface area contributed by atoms with E-state index in [0.29, 0.717) is 5.75 Å². The van der Waals surface area contributed by atoms with Gasteiger partial charge in [-0.2, -0.15) is 0 Å². The van der Waals surface area contributed by atoms with E-state index >= 15 is 0 Å². The number of hydrogen-bond acceptors (Lipinski definition) is 6. The standard InChI is InChI=1S/C27H34FN5O4/c1-26(2,30)24(35)32-21(16-37-20-11-9-19(28)10-12-20)23(34)33-14-13-22(29)27(17-33,25(36)31-3)15-18-7-5-4-6-8-18/h4-12,21,29H,13-17,30H2,1-3H3,(H,31,36)(H,32,35)/t21-,27-/m1/s1. The van der Waals surface area contributed by atoms with Gasteiger partial charge in [-0.1, -0.05) is 30.3 Å². The molecule has 37 heavy (non-hydrogen) atoms. The normalized spacial score (nSPS) is 18.6. The molecule has 2 atom stereocenters. The fourth-order valence-corrected chi connectivity index (χ4v) is 4.26. The van der Waals surface area contributed by atoms with Gasteiger partial charge in [0.2, 0.25) is 17.7 Å². The molecule has 5 N–H and O–H groups in total. The van der Waals surface area contributed by atoms with Gasteiger partial charge >= 0.3 is 0 Å². The lowest BCUT2D eigenvalue weighted by molar-refractivity contribution is -0.141. The van der Waals surface area contributed by atoms with Crippen molar-refractivity contribution in [2.24, 2.45) is 11.1 Å². The highest BCUT2D eigenvalue weighted by molar-refractivity contribution is 6.09. The fraction of sp³-hybridized carbons (Fsp3) is 0.407. The summed E-state index contributed by atoms with van der Waals surface area (Å²) in [6, 6.07) is 13.5. The van der Waals surface area contributed by atoms with Gasteiger partial charge in [-0.3, -0.25) is 14.4 Å². The maximum Gasteiger partial charge on any atom is 0.248 e. The van der Waals surface area contributed by atoms with Crippen molar-refractivity contribution in [3.8, 4) is 5.75 Å². The molecule has 3 amide bonds. The molecule has 1 saturated heterocycles. The molecule has 0 bridgehead atoms. The summed E-state index contributed by atoms with van der Waals surface area (Å²) in [5, 5.41) is 14.0. The largest absolute Gasteiger partial charge is 0.491 e. The van der Waals surface area contributed by atoms with Crippen molar-refractivity contribution in [3.05, 3.63) is 66.0 Å². The maximum atomic E-state index is 13.7. The summed E-state index contributed by atoms with van der Waals surface area (Å²) in [7, 11) is 1.51. The lowest BCUT2D eigenvalue weighted by Gasteiger charge is -2.43. The van der Waals surface area contributed by atoms with Gasteiger partial charge in [-0.25, -0.2) is 4.39 Å². The third kappa shape index (κ3) is 6.71. The Kier molecular flexibility index (Phi) is 8.65. The molecular weight excluding hydrogens is 477 g/mol. The van der Waals surface area contributed by atoms with Crippen LogP contribution in [-0.2, 0) is 20.8 Å². The number of ether oxygens (including phenoxy) is 1. The number of nitrogens with two attached hydrogens (primary N) is 1. The summed E-state index contributed by atoms with van der Waals surface area (Å²) in [5.41, 5.74) is 4.52. The highest BCUT2D eigenvalue weighted by Crippen LogP contribution is 2.32. The van der Waals surface area contributed by atoms with Crippen molar-refractivity contribution >= 4 is 23.4 Å². The zero-order valence-electron chi connectivity index (χ0n) is 21.3. The average molecular weight is 512 g/mol. The molecule has 1 heterocycles. The first-order valence-electron chi connectivity index (χ1n) is 12.1. The van der Waals surface area contributed by atoms with E-state index in [0.717, 1.165) is 5.56 Å². The van der Waals surface area contributed by atoms with E-state index in [1.807, 2.05) is 30.3 Å². The van der Waals surface area contributed by atoms with Crippen LogP contribution in [0.25, 0.3) is 0 Å². The van der Waals surface area contributed by atoms with Crippen molar-refractivity contribution in [1.82, 2.24) is 15.5 Å². The van der Waals surface area contributed by atoms with Gasteiger partial charge in [0.1, 0.15) is 29.6 Å². The SMILES string of the molecule is CNC(=O)[C@]1(Cc2ccccc2)CN(C(=O)[C@@H](COc2ccc(F)cc2)NC(=O)C(C)(C)N)CCC1=N. The van der Waals surface area contributed by atoms with Gasteiger partial charge in [0.15, 0.2) is 0 Å². The first-order valence-corrected chi connectivity index (χ1v) is 12.1. The Bertz CT molecular complexity index is 1120. The molecule has 1 aliphatic rings. The predicted molar refractivity (Wildman–Crippen MR) is 138 cm³/mol. The van der Waals surface area contributed by atoms with Gasteiger partial charge in [-0.05, 0) is 50.1 Å². The first-order chi connectivity index (χ1) is 17.5. The van der Waals surface area contributed by atoms with E-state index in [4.69, 9.17) is 15.9 Å². The molecule has 10 heteroatoms. The number of piperidine rings is 1. The Morgan fingerprint density at radius 3 is 2.41 bits per heavy atom. The number of halogens is 1. The molecule has 0 saturated carbocycles. The zero-order valence-corrected chi connectivity index (χ0v) is 21.3. The Hall–Kier alpha value is -3.79. The molecule has 0 unspecified atom stereocenters. The number of nitrogens with zero attached hydrogens (tertiary/aromatic N) is 1. The van der Waals surface area contributed by atoms with Crippen LogP contribution in [0.4, 0.5) is 4.39 Å². The third-order valence-electron chi connectivity index (χ3n) is 6.41. The van der Waals surface area contributed by atoms with Crippen LogP contribution in [0.2, 0.25) is 0 Å². The Labute approximate surface area is 216 Å². The van der Waals surface area contributed by atoms with E-state index in [1.165, 1.54) is 50.1 Å². The van der Waals surface area contributed by atoms with Crippen LogP contribution in [0.1, 0.15) is 25.8 Å². The van der Waals surface area contributed by atoms with E-state index < -0.39 is 34.6 Å². The van der Waals surface area contributed by atoms with E-state index in [2.05, 4.69) is 10.6 Å². The molecule has 2 aromatic carbocycles. The van der Waals surface area contributed by atoms with Gasteiger partial charge < -0.3 is 31.4 Å². The maximum absolute atomic E-state index is 13.7. The lowest BCUT2D eigenvalue weighted by Crippen LogP contribution is -2.63. The molecule has 1 fully saturated rings. The molecule has 0 aliphatic carbocycles. The summed E-state index contributed by atoms with van der Waals surface area (Å²) in [6.45, 7) is 2.98. The third-order valence-corrected chi connectivity index (χ3v) is 6.41. The topological polar surface area (TPSA) is 138 Å². The van der Waals surface area contributed by atoms with Crippen LogP contribution in [-0.4, -0.2) is 66.7 Å².